The van der Waals surface area contributed by atoms with Crippen LogP contribution in [-0.2, 0) is 4.79 Å². The van der Waals surface area contributed by atoms with E-state index in [1.54, 1.807) is 6.20 Å². The molecule has 0 aliphatic carbocycles. The first kappa shape index (κ1) is 15.4. The van der Waals surface area contributed by atoms with Gasteiger partial charge in [-0.1, -0.05) is 6.92 Å². The minimum Gasteiger partial charge on any atom is -0.481 e. The number of aliphatic carboxylic acids is 1. The molecule has 0 aliphatic rings. The summed E-state index contributed by atoms with van der Waals surface area (Å²) in [5.41, 5.74) is 0. The summed E-state index contributed by atoms with van der Waals surface area (Å²) in [7, 11) is 0. The monoisotopic (exact) mass is 285 g/mol. The van der Waals surface area contributed by atoms with Crippen LogP contribution < -0.4 is 10.6 Å². The van der Waals surface area contributed by atoms with Gasteiger partial charge in [0.15, 0.2) is 0 Å². The van der Waals surface area contributed by atoms with Gasteiger partial charge in [-0.05, 0) is 20.3 Å². The third-order valence-electron chi connectivity index (χ3n) is 2.61. The van der Waals surface area contributed by atoms with Crippen LogP contribution in [0.3, 0.4) is 0 Å². The van der Waals surface area contributed by atoms with Gasteiger partial charge in [-0.15, -0.1) is 11.3 Å². The third kappa shape index (κ3) is 5.25. The number of carboxylic acid groups (broad SMARTS) is 1. The molecule has 0 fully saturated rings. The Morgan fingerprint density at radius 3 is 2.63 bits per heavy atom. The minimum absolute atomic E-state index is 0.0747. The molecule has 0 aliphatic heterocycles. The lowest BCUT2D eigenvalue weighted by atomic mass is 10.1. The standard InChI is InChI=1S/C12H19N3O3S/c1-4-9(5-10(16)17)15-12(18)14-8(3)11-13-6-7(2)19-11/h6,8-9H,4-5H2,1-3H3,(H,16,17)(H2,14,15,18). The average Bonchev–Trinajstić information content (AvgIpc) is 2.74. The second-order valence-electron chi connectivity index (χ2n) is 4.35. The molecule has 2 amide bonds. The fourth-order valence-corrected chi connectivity index (χ4v) is 2.34. The predicted octanol–water partition coefficient (Wildman–Crippen LogP) is 2.07. The molecular formula is C12H19N3O3S. The van der Waals surface area contributed by atoms with Crippen molar-refractivity contribution in [2.45, 2.75) is 45.7 Å². The van der Waals surface area contributed by atoms with E-state index in [0.29, 0.717) is 6.42 Å². The Morgan fingerprint density at radius 1 is 1.47 bits per heavy atom. The summed E-state index contributed by atoms with van der Waals surface area (Å²) < 4.78 is 0. The maximum Gasteiger partial charge on any atom is 0.315 e. The van der Waals surface area contributed by atoms with Gasteiger partial charge in [-0.2, -0.15) is 0 Å². The molecule has 2 atom stereocenters. The minimum atomic E-state index is -0.921. The Hall–Kier alpha value is -1.63. The van der Waals surface area contributed by atoms with Gasteiger partial charge >= 0.3 is 12.0 Å². The van der Waals surface area contributed by atoms with E-state index in [1.165, 1.54) is 11.3 Å². The quantitative estimate of drug-likeness (QED) is 0.746. The normalized spacial score (nSPS) is 13.6. The number of nitrogens with one attached hydrogen (secondary N) is 2. The maximum atomic E-state index is 11.7. The van der Waals surface area contributed by atoms with E-state index in [1.807, 2.05) is 20.8 Å². The summed E-state index contributed by atoms with van der Waals surface area (Å²) in [6.07, 6.45) is 2.26. The van der Waals surface area contributed by atoms with Crippen LogP contribution in [0.1, 0.15) is 42.6 Å². The van der Waals surface area contributed by atoms with Gasteiger partial charge in [0.05, 0.1) is 12.5 Å². The van der Waals surface area contributed by atoms with E-state index in [2.05, 4.69) is 15.6 Å². The van der Waals surface area contributed by atoms with Gasteiger partial charge in [-0.3, -0.25) is 4.79 Å². The fourth-order valence-electron chi connectivity index (χ4n) is 1.57. The molecule has 0 spiro atoms. The van der Waals surface area contributed by atoms with Crippen molar-refractivity contribution >= 4 is 23.3 Å². The first-order valence-electron chi connectivity index (χ1n) is 6.13. The molecule has 0 radical (unpaired) electrons. The van der Waals surface area contributed by atoms with Crippen LogP contribution in [0.2, 0.25) is 0 Å². The highest BCUT2D eigenvalue weighted by atomic mass is 32.1. The zero-order valence-corrected chi connectivity index (χ0v) is 12.1. The average molecular weight is 285 g/mol. The Kier molecular flexibility index (Phi) is 5.75. The molecule has 0 saturated carbocycles. The molecule has 1 aromatic rings. The number of carboxylic acids is 1. The number of amides is 2. The van der Waals surface area contributed by atoms with E-state index in [4.69, 9.17) is 5.11 Å². The molecule has 106 valence electrons. The molecule has 2 unspecified atom stereocenters. The summed E-state index contributed by atoms with van der Waals surface area (Å²) in [6.45, 7) is 5.63. The molecule has 1 rings (SSSR count). The van der Waals surface area contributed by atoms with Gasteiger partial charge in [0.25, 0.3) is 0 Å². The van der Waals surface area contributed by atoms with Crippen molar-refractivity contribution in [2.75, 3.05) is 0 Å². The summed E-state index contributed by atoms with van der Waals surface area (Å²) in [4.78, 5) is 27.6. The number of rotatable bonds is 6. The van der Waals surface area contributed by atoms with Crippen molar-refractivity contribution in [2.24, 2.45) is 0 Å². The molecule has 6 nitrogen and oxygen atoms in total. The van der Waals surface area contributed by atoms with Crippen LogP contribution in [-0.4, -0.2) is 28.1 Å². The molecule has 0 saturated heterocycles. The van der Waals surface area contributed by atoms with Crippen LogP contribution >= 0.6 is 11.3 Å². The Balaban J connectivity index is 2.47. The largest absolute Gasteiger partial charge is 0.481 e. The van der Waals surface area contributed by atoms with Crippen molar-refractivity contribution in [3.63, 3.8) is 0 Å². The number of carbonyl (C=O) groups excluding carboxylic acids is 1. The number of aryl methyl sites for hydroxylation is 1. The highest BCUT2D eigenvalue weighted by Gasteiger charge is 2.17. The maximum absolute atomic E-state index is 11.7. The summed E-state index contributed by atoms with van der Waals surface area (Å²) in [5, 5.41) is 14.9. The number of hydrogen-bond donors (Lipinski definition) is 3. The highest BCUT2D eigenvalue weighted by molar-refractivity contribution is 7.11. The van der Waals surface area contributed by atoms with Gasteiger partial charge in [0.1, 0.15) is 5.01 Å². The van der Waals surface area contributed by atoms with Crippen molar-refractivity contribution in [1.82, 2.24) is 15.6 Å². The molecule has 0 aromatic carbocycles. The number of nitrogens with zero attached hydrogens (tertiary/aromatic N) is 1. The summed E-state index contributed by atoms with van der Waals surface area (Å²) in [5.74, 6) is -0.921. The van der Waals surface area contributed by atoms with Crippen LogP contribution in [0.15, 0.2) is 6.20 Å². The van der Waals surface area contributed by atoms with E-state index in [9.17, 15) is 9.59 Å². The molecule has 0 bridgehead atoms. The Bertz CT molecular complexity index is 447. The molecule has 3 N–H and O–H groups in total. The summed E-state index contributed by atoms with van der Waals surface area (Å²) in [6, 6.07) is -0.919. The van der Waals surface area contributed by atoms with Crippen molar-refractivity contribution in [1.29, 1.82) is 0 Å². The molecule has 7 heteroatoms. The lowest BCUT2D eigenvalue weighted by Gasteiger charge is -2.17. The van der Waals surface area contributed by atoms with Gasteiger partial charge in [0, 0.05) is 17.1 Å². The zero-order valence-electron chi connectivity index (χ0n) is 11.3. The van der Waals surface area contributed by atoms with Gasteiger partial charge < -0.3 is 15.7 Å². The van der Waals surface area contributed by atoms with Crippen molar-refractivity contribution in [3.05, 3.63) is 16.1 Å². The van der Waals surface area contributed by atoms with E-state index in [0.717, 1.165) is 9.88 Å². The molecule has 1 aromatic heterocycles. The lowest BCUT2D eigenvalue weighted by molar-refractivity contribution is -0.137. The second-order valence-corrected chi connectivity index (χ2v) is 5.62. The van der Waals surface area contributed by atoms with Gasteiger partial charge in [0.2, 0.25) is 0 Å². The second kappa shape index (κ2) is 7.08. The number of urea groups is 1. The van der Waals surface area contributed by atoms with Crippen LogP contribution in [0.25, 0.3) is 0 Å². The Morgan fingerprint density at radius 2 is 2.16 bits per heavy atom. The van der Waals surface area contributed by atoms with Crippen LogP contribution in [0.5, 0.6) is 0 Å². The number of aromatic nitrogens is 1. The fraction of sp³-hybridized carbons (Fsp3) is 0.583. The first-order chi connectivity index (χ1) is 8.92. The van der Waals surface area contributed by atoms with Crippen molar-refractivity contribution in [3.8, 4) is 0 Å². The van der Waals surface area contributed by atoms with Crippen molar-refractivity contribution < 1.29 is 14.7 Å². The number of carbonyl (C=O) groups is 2. The van der Waals surface area contributed by atoms with Crippen LogP contribution in [0, 0.1) is 6.92 Å². The smallest absolute Gasteiger partial charge is 0.315 e. The SMILES string of the molecule is CCC(CC(=O)O)NC(=O)NC(C)c1ncc(C)s1. The topological polar surface area (TPSA) is 91.3 Å². The molecule has 19 heavy (non-hydrogen) atoms. The Labute approximate surface area is 116 Å². The zero-order chi connectivity index (χ0) is 14.4. The number of hydrogen-bond acceptors (Lipinski definition) is 4. The van der Waals surface area contributed by atoms with Gasteiger partial charge in [-0.25, -0.2) is 9.78 Å². The number of thiazole rings is 1. The third-order valence-corrected chi connectivity index (χ3v) is 3.70. The predicted molar refractivity (Wildman–Crippen MR) is 73.3 cm³/mol. The van der Waals surface area contributed by atoms with E-state index >= 15 is 0 Å². The van der Waals surface area contributed by atoms with E-state index in [-0.39, 0.29) is 24.5 Å². The molecule has 1 heterocycles. The van der Waals surface area contributed by atoms with Crippen LogP contribution in [0.4, 0.5) is 4.79 Å². The summed E-state index contributed by atoms with van der Waals surface area (Å²) >= 11 is 1.53. The lowest BCUT2D eigenvalue weighted by Crippen LogP contribution is -2.43. The molecular weight excluding hydrogens is 266 g/mol. The first-order valence-corrected chi connectivity index (χ1v) is 6.95. The van der Waals surface area contributed by atoms with E-state index < -0.39 is 5.97 Å². The highest BCUT2D eigenvalue weighted by Crippen LogP contribution is 2.18.